The number of hydrogen-bond acceptors (Lipinski definition) is 1. The summed E-state index contributed by atoms with van der Waals surface area (Å²) < 4.78 is 2.65. The van der Waals surface area contributed by atoms with Crippen LogP contribution in [0.3, 0.4) is 0 Å². The average molecular weight is 617 g/mol. The molecule has 0 radical (unpaired) electrons. The normalized spacial score (nSPS) is 15.5. The topological polar surface area (TPSA) is 8.17 Å². The van der Waals surface area contributed by atoms with Gasteiger partial charge in [0, 0.05) is 50.0 Å². The smallest absolute Gasteiger partial charge is 0.247 e. The van der Waals surface area contributed by atoms with Crippen molar-refractivity contribution in [3.63, 3.8) is 0 Å². The lowest BCUT2D eigenvalue weighted by Gasteiger charge is -2.43. The van der Waals surface area contributed by atoms with Crippen LogP contribution in [0.5, 0.6) is 0 Å². The van der Waals surface area contributed by atoms with Crippen LogP contribution < -0.4 is 21.3 Å². The van der Waals surface area contributed by atoms with Gasteiger partial charge in [-0.3, -0.25) is 0 Å². The number of benzene rings is 6. The van der Waals surface area contributed by atoms with Crippen molar-refractivity contribution in [2.75, 3.05) is 4.90 Å². The van der Waals surface area contributed by atoms with Gasteiger partial charge in [-0.25, -0.2) is 0 Å². The summed E-state index contributed by atoms with van der Waals surface area (Å²) in [7, 11) is 0. The van der Waals surface area contributed by atoms with Crippen molar-refractivity contribution in [2.45, 2.75) is 45.4 Å². The van der Waals surface area contributed by atoms with Crippen molar-refractivity contribution >= 4 is 51.1 Å². The third kappa shape index (κ3) is 3.44. The zero-order valence-electron chi connectivity index (χ0n) is 28.2. The highest BCUT2D eigenvalue weighted by Crippen LogP contribution is 2.54. The summed E-state index contributed by atoms with van der Waals surface area (Å²) in [6, 6.07) is 49.9. The molecule has 10 rings (SSSR count). The number of aromatic nitrogens is 1. The summed E-state index contributed by atoms with van der Waals surface area (Å²) in [5.74, 6) is 0. The van der Waals surface area contributed by atoms with E-state index in [1.54, 1.807) is 0 Å². The molecule has 2 nitrogen and oxygen atoms in total. The zero-order valence-corrected chi connectivity index (χ0v) is 28.2. The summed E-state index contributed by atoms with van der Waals surface area (Å²) in [5.41, 5.74) is 20.1. The van der Waals surface area contributed by atoms with Gasteiger partial charge in [0.2, 0.25) is 6.71 Å². The lowest BCUT2D eigenvalue weighted by molar-refractivity contribution is 0.644. The first-order valence-electron chi connectivity index (χ1n) is 17.2. The Morgan fingerprint density at radius 2 is 1.25 bits per heavy atom. The van der Waals surface area contributed by atoms with Gasteiger partial charge in [0.1, 0.15) is 0 Å². The molecule has 3 heteroatoms. The molecule has 7 aromatic rings. The number of fused-ring (bicyclic) bond motifs is 9. The molecular weight excluding hydrogens is 579 g/mol. The molecule has 0 saturated heterocycles. The van der Waals surface area contributed by atoms with E-state index in [4.69, 9.17) is 0 Å². The molecule has 3 heterocycles. The molecule has 230 valence electrons. The number of aryl methyl sites for hydroxylation is 1. The van der Waals surface area contributed by atoms with Gasteiger partial charge in [-0.15, -0.1) is 0 Å². The van der Waals surface area contributed by atoms with Crippen LogP contribution in [0, 0.1) is 6.92 Å². The van der Waals surface area contributed by atoms with Crippen LogP contribution in [-0.4, -0.2) is 11.3 Å². The third-order valence-electron chi connectivity index (χ3n) is 11.6. The van der Waals surface area contributed by atoms with Gasteiger partial charge in [-0.1, -0.05) is 124 Å². The van der Waals surface area contributed by atoms with Crippen LogP contribution >= 0.6 is 0 Å². The van der Waals surface area contributed by atoms with Crippen LogP contribution in [0.15, 0.2) is 133 Å². The van der Waals surface area contributed by atoms with E-state index < -0.39 is 0 Å². The Hall–Kier alpha value is -5.28. The van der Waals surface area contributed by atoms with E-state index in [0.717, 1.165) is 11.4 Å². The largest absolute Gasteiger partial charge is 0.310 e. The van der Waals surface area contributed by atoms with E-state index in [-0.39, 0.29) is 17.5 Å². The summed E-state index contributed by atoms with van der Waals surface area (Å²) in [4.78, 5) is 2.39. The molecule has 2 aliphatic heterocycles. The third-order valence-corrected chi connectivity index (χ3v) is 11.6. The van der Waals surface area contributed by atoms with E-state index in [2.05, 4.69) is 178 Å². The van der Waals surface area contributed by atoms with E-state index in [1.807, 2.05) is 0 Å². The van der Waals surface area contributed by atoms with Crippen molar-refractivity contribution in [1.82, 2.24) is 4.57 Å². The van der Waals surface area contributed by atoms with Crippen molar-refractivity contribution in [3.8, 4) is 16.9 Å². The Bertz CT molecular complexity index is 2430. The van der Waals surface area contributed by atoms with E-state index in [0.29, 0.717) is 0 Å². The van der Waals surface area contributed by atoms with E-state index >= 15 is 0 Å². The fourth-order valence-corrected chi connectivity index (χ4v) is 9.58. The minimum Gasteiger partial charge on any atom is -0.310 e. The molecule has 0 saturated carbocycles. The first-order chi connectivity index (χ1) is 23.3. The maximum atomic E-state index is 2.65. The Morgan fingerprint density at radius 1 is 0.562 bits per heavy atom. The van der Waals surface area contributed by atoms with Gasteiger partial charge >= 0.3 is 0 Å². The lowest BCUT2D eigenvalue weighted by atomic mass is 9.30. The predicted molar refractivity (Wildman–Crippen MR) is 203 cm³/mol. The standard InChI is InChI=1S/C45H37BN2/c1-28-25-36-41-39(26-28)48-42-33(40-43(48)32-19-12-13-21-34(32)45(40,4)5)20-14-22-38(42)46(41)37-24-23-31(27-35(37)44(36,2)3)47(29-15-8-6-9-16-29)30-17-10-7-11-18-30/h6-27H,1-5H3. The highest BCUT2D eigenvalue weighted by Gasteiger charge is 2.48. The van der Waals surface area contributed by atoms with Gasteiger partial charge in [0.25, 0.3) is 0 Å². The van der Waals surface area contributed by atoms with Crippen molar-refractivity contribution < 1.29 is 0 Å². The van der Waals surface area contributed by atoms with Crippen LogP contribution in [0.25, 0.3) is 27.8 Å². The molecule has 0 unspecified atom stereocenters. The van der Waals surface area contributed by atoms with Gasteiger partial charge < -0.3 is 9.47 Å². The number of anilines is 3. The number of rotatable bonds is 3. The van der Waals surface area contributed by atoms with Gasteiger partial charge in [-0.05, 0) is 88.1 Å². The summed E-state index contributed by atoms with van der Waals surface area (Å²) in [6.07, 6.45) is 0. The molecule has 0 atom stereocenters. The maximum Gasteiger partial charge on any atom is 0.247 e. The van der Waals surface area contributed by atoms with Gasteiger partial charge in [0.05, 0.1) is 5.69 Å². The monoisotopic (exact) mass is 616 g/mol. The fraction of sp³-hybridized carbons (Fsp3) is 0.156. The zero-order chi connectivity index (χ0) is 32.5. The molecule has 0 amide bonds. The summed E-state index contributed by atoms with van der Waals surface area (Å²) in [5, 5.41) is 1.39. The van der Waals surface area contributed by atoms with Gasteiger partial charge in [-0.2, -0.15) is 0 Å². The lowest BCUT2D eigenvalue weighted by Crippen LogP contribution is -2.63. The van der Waals surface area contributed by atoms with Crippen molar-refractivity contribution in [3.05, 3.63) is 161 Å². The molecule has 6 aromatic carbocycles. The summed E-state index contributed by atoms with van der Waals surface area (Å²) in [6.45, 7) is 12.1. The number of nitrogens with zero attached hydrogens (tertiary/aromatic N) is 2. The fourth-order valence-electron chi connectivity index (χ4n) is 9.58. The summed E-state index contributed by atoms with van der Waals surface area (Å²) >= 11 is 0. The first kappa shape index (κ1) is 27.8. The molecule has 0 fully saturated rings. The van der Waals surface area contributed by atoms with Crippen LogP contribution in [0.2, 0.25) is 0 Å². The molecule has 0 bridgehead atoms. The molecule has 0 spiro atoms. The molecular formula is C45H37BN2. The Morgan fingerprint density at radius 3 is 1.98 bits per heavy atom. The van der Waals surface area contributed by atoms with Crippen molar-refractivity contribution in [2.24, 2.45) is 0 Å². The minimum absolute atomic E-state index is 0.0781. The molecule has 48 heavy (non-hydrogen) atoms. The quantitative estimate of drug-likeness (QED) is 0.180. The van der Waals surface area contributed by atoms with Crippen LogP contribution in [0.1, 0.15) is 55.5 Å². The minimum atomic E-state index is -0.199. The second-order valence-corrected chi connectivity index (χ2v) is 15.1. The molecule has 1 aliphatic carbocycles. The predicted octanol–water partition coefficient (Wildman–Crippen LogP) is 9.18. The maximum absolute atomic E-state index is 2.65. The van der Waals surface area contributed by atoms with Crippen LogP contribution in [-0.2, 0) is 10.8 Å². The Kier molecular flexibility index (Phi) is 5.45. The second-order valence-electron chi connectivity index (χ2n) is 15.1. The van der Waals surface area contributed by atoms with E-state index in [1.165, 1.54) is 77.7 Å². The van der Waals surface area contributed by atoms with E-state index in [9.17, 15) is 0 Å². The van der Waals surface area contributed by atoms with Crippen molar-refractivity contribution in [1.29, 1.82) is 0 Å². The SMILES string of the molecule is Cc1cc2c3c(c1)C(C)(C)c1cc(N(c4ccccc4)c4ccccc4)ccc1B3c1cccc3c4c(n-2c13)-c1ccccc1C4(C)C. The first-order valence-corrected chi connectivity index (χ1v) is 17.2. The number of hydrogen-bond donors (Lipinski definition) is 0. The Balaban J connectivity index is 1.28. The number of para-hydroxylation sites is 3. The van der Waals surface area contributed by atoms with Crippen LogP contribution in [0.4, 0.5) is 17.1 Å². The highest BCUT2D eigenvalue weighted by atomic mass is 15.1. The molecule has 1 aromatic heterocycles. The molecule has 0 N–H and O–H groups in total. The average Bonchev–Trinajstić information content (AvgIpc) is 3.57. The molecule has 3 aliphatic rings. The van der Waals surface area contributed by atoms with Gasteiger partial charge in [0.15, 0.2) is 0 Å². The Labute approximate surface area is 283 Å². The second kappa shape index (κ2) is 9.42. The highest BCUT2D eigenvalue weighted by molar-refractivity contribution is 6.99.